The van der Waals surface area contributed by atoms with Crippen LogP contribution >= 0.6 is 0 Å². The van der Waals surface area contributed by atoms with Crippen molar-refractivity contribution in [2.45, 2.75) is 19.3 Å². The van der Waals surface area contributed by atoms with Gasteiger partial charge >= 0.3 is 0 Å². The third-order valence-corrected chi connectivity index (χ3v) is 14.0. The second-order valence-electron chi connectivity index (χ2n) is 18.1. The van der Waals surface area contributed by atoms with Gasteiger partial charge in [-0.1, -0.05) is 153 Å². The molecular weight excluding hydrogens is 787 g/mol. The fourth-order valence-corrected chi connectivity index (χ4v) is 10.9. The van der Waals surface area contributed by atoms with Crippen LogP contribution in [0.15, 0.2) is 224 Å². The molecule has 4 heteroatoms. The van der Waals surface area contributed by atoms with Gasteiger partial charge in [0.25, 0.3) is 6.71 Å². The van der Waals surface area contributed by atoms with Crippen LogP contribution in [0.25, 0.3) is 44.2 Å². The average molecular weight is 831 g/mol. The summed E-state index contributed by atoms with van der Waals surface area (Å²) in [6, 6.07) is 81.9. The number of fused-ring (bicyclic) bond motifs is 8. The first-order chi connectivity index (χ1) is 32.0. The minimum atomic E-state index is -0.249. The number of benzene rings is 10. The van der Waals surface area contributed by atoms with Crippen LogP contribution in [0, 0.1) is 0 Å². The molecule has 0 amide bonds. The van der Waals surface area contributed by atoms with Crippen LogP contribution in [0.5, 0.6) is 11.5 Å². The second kappa shape index (κ2) is 14.5. The van der Waals surface area contributed by atoms with Gasteiger partial charge in [-0.15, -0.1) is 0 Å². The number of para-hydroxylation sites is 2. The summed E-state index contributed by atoms with van der Waals surface area (Å²) in [4.78, 5) is 4.80. The number of rotatable bonds is 6. The fraction of sp³-hybridized carbons (Fsp3) is 0.0492. The predicted molar refractivity (Wildman–Crippen MR) is 273 cm³/mol. The van der Waals surface area contributed by atoms with Crippen molar-refractivity contribution in [1.82, 2.24) is 0 Å². The van der Waals surface area contributed by atoms with Crippen LogP contribution in [-0.4, -0.2) is 6.71 Å². The molecule has 0 N–H and O–H groups in total. The van der Waals surface area contributed by atoms with Crippen LogP contribution in [0.3, 0.4) is 0 Å². The highest BCUT2D eigenvalue weighted by Crippen LogP contribution is 2.52. The zero-order valence-electron chi connectivity index (χ0n) is 36.2. The summed E-state index contributed by atoms with van der Waals surface area (Å²) in [6.45, 7) is 4.77. The first-order valence-electron chi connectivity index (χ1n) is 22.6. The molecule has 2 heterocycles. The molecule has 0 aromatic heterocycles. The topological polar surface area (TPSA) is 15.7 Å². The van der Waals surface area contributed by atoms with Gasteiger partial charge in [-0.05, 0) is 157 Å². The van der Waals surface area contributed by atoms with Gasteiger partial charge in [0.15, 0.2) is 0 Å². The molecule has 1 aliphatic carbocycles. The SMILES string of the molecule is CC1(C)c2cc3c(cc2-c2cc4ccc(N(c5ccccc5)c5ccccc5)cc4cc21)Oc1cccc2c1B3c1ccc(-c3ccccc3)cc1N2c1cccc(-c2ccccc2)c1. The number of hydrogen-bond donors (Lipinski definition) is 0. The van der Waals surface area contributed by atoms with E-state index in [1.165, 1.54) is 77.4 Å². The Labute approximate surface area is 380 Å². The van der Waals surface area contributed by atoms with Crippen LogP contribution in [-0.2, 0) is 5.41 Å². The Morgan fingerprint density at radius 2 is 1.03 bits per heavy atom. The summed E-state index contributed by atoms with van der Waals surface area (Å²) in [5.74, 6) is 1.84. The van der Waals surface area contributed by atoms with E-state index < -0.39 is 0 Å². The van der Waals surface area contributed by atoms with Crippen molar-refractivity contribution in [2.75, 3.05) is 9.80 Å². The van der Waals surface area contributed by atoms with Crippen molar-refractivity contribution < 1.29 is 4.74 Å². The van der Waals surface area contributed by atoms with Crippen molar-refractivity contribution >= 4 is 68.0 Å². The van der Waals surface area contributed by atoms with E-state index in [0.29, 0.717) is 0 Å². The van der Waals surface area contributed by atoms with Gasteiger partial charge in [0.05, 0.1) is 0 Å². The maximum atomic E-state index is 7.10. The highest BCUT2D eigenvalue weighted by molar-refractivity contribution is 6.99. The molecule has 0 unspecified atom stereocenters. The molecule has 0 saturated carbocycles. The molecule has 0 fully saturated rings. The van der Waals surface area contributed by atoms with E-state index in [0.717, 1.165) is 39.9 Å². The molecule has 0 atom stereocenters. The lowest BCUT2D eigenvalue weighted by Gasteiger charge is -2.40. The molecule has 306 valence electrons. The van der Waals surface area contributed by atoms with E-state index in [9.17, 15) is 0 Å². The minimum absolute atomic E-state index is 0.0215. The third kappa shape index (κ3) is 5.91. The summed E-state index contributed by atoms with van der Waals surface area (Å²) in [5, 5.41) is 2.45. The Bertz CT molecular complexity index is 3460. The third-order valence-electron chi connectivity index (χ3n) is 14.0. The van der Waals surface area contributed by atoms with Gasteiger partial charge in [-0.25, -0.2) is 0 Å². The Morgan fingerprint density at radius 3 is 1.74 bits per heavy atom. The maximum Gasteiger partial charge on any atom is 0.256 e. The van der Waals surface area contributed by atoms with Gasteiger partial charge in [0, 0.05) is 39.5 Å². The van der Waals surface area contributed by atoms with Crippen molar-refractivity contribution in [2.24, 2.45) is 0 Å². The predicted octanol–water partition coefficient (Wildman–Crippen LogP) is 14.4. The summed E-state index contributed by atoms with van der Waals surface area (Å²) >= 11 is 0. The Morgan fingerprint density at radius 1 is 0.415 bits per heavy atom. The smallest absolute Gasteiger partial charge is 0.256 e. The minimum Gasteiger partial charge on any atom is -0.458 e. The zero-order valence-corrected chi connectivity index (χ0v) is 36.2. The fourth-order valence-electron chi connectivity index (χ4n) is 10.9. The Balaban J connectivity index is 0.961. The van der Waals surface area contributed by atoms with Gasteiger partial charge in [0.1, 0.15) is 11.5 Å². The molecule has 3 aliphatic rings. The van der Waals surface area contributed by atoms with Crippen molar-refractivity contribution in [3.8, 4) is 44.9 Å². The largest absolute Gasteiger partial charge is 0.458 e. The molecule has 65 heavy (non-hydrogen) atoms. The van der Waals surface area contributed by atoms with Crippen molar-refractivity contribution in [3.63, 3.8) is 0 Å². The lowest BCUT2D eigenvalue weighted by molar-refractivity contribution is 0.487. The maximum absolute atomic E-state index is 7.10. The van der Waals surface area contributed by atoms with E-state index in [1.807, 2.05) is 0 Å². The molecule has 3 nitrogen and oxygen atoms in total. The first kappa shape index (κ1) is 37.5. The van der Waals surface area contributed by atoms with E-state index in [2.05, 4.69) is 248 Å². The van der Waals surface area contributed by atoms with Crippen LogP contribution in [0.1, 0.15) is 25.0 Å². The second-order valence-corrected chi connectivity index (χ2v) is 18.1. The van der Waals surface area contributed by atoms with Crippen molar-refractivity contribution in [1.29, 1.82) is 0 Å². The summed E-state index contributed by atoms with van der Waals surface area (Å²) < 4.78 is 7.10. The van der Waals surface area contributed by atoms with E-state index in [-0.39, 0.29) is 12.1 Å². The molecule has 0 radical (unpaired) electrons. The monoisotopic (exact) mass is 830 g/mol. The normalized spacial score (nSPS) is 13.6. The Hall–Kier alpha value is -8.08. The number of hydrogen-bond acceptors (Lipinski definition) is 3. The summed E-state index contributed by atoms with van der Waals surface area (Å²) in [7, 11) is 0. The molecule has 0 saturated heterocycles. The van der Waals surface area contributed by atoms with Gasteiger partial charge < -0.3 is 14.5 Å². The number of nitrogens with zero attached hydrogens (tertiary/aromatic N) is 2. The van der Waals surface area contributed by atoms with Crippen LogP contribution < -0.4 is 30.9 Å². The molecule has 0 bridgehead atoms. The lowest BCUT2D eigenvalue weighted by atomic mass is 9.34. The molecule has 10 aromatic rings. The van der Waals surface area contributed by atoms with E-state index >= 15 is 0 Å². The van der Waals surface area contributed by atoms with E-state index in [4.69, 9.17) is 4.74 Å². The number of ether oxygens (including phenoxy) is 1. The lowest BCUT2D eigenvalue weighted by Crippen LogP contribution is -2.59. The summed E-state index contributed by atoms with van der Waals surface area (Å²) in [5.41, 5.74) is 20.3. The average Bonchev–Trinajstić information content (AvgIpc) is 3.57. The molecular formula is C61H43BN2O. The molecule has 2 aliphatic heterocycles. The van der Waals surface area contributed by atoms with Crippen LogP contribution in [0.4, 0.5) is 34.1 Å². The molecule has 10 aromatic carbocycles. The van der Waals surface area contributed by atoms with Gasteiger partial charge in [-0.3, -0.25) is 0 Å². The quantitative estimate of drug-likeness (QED) is 0.155. The van der Waals surface area contributed by atoms with E-state index in [1.54, 1.807) is 0 Å². The van der Waals surface area contributed by atoms with Crippen LogP contribution in [0.2, 0.25) is 0 Å². The van der Waals surface area contributed by atoms with Gasteiger partial charge in [0.2, 0.25) is 0 Å². The molecule has 0 spiro atoms. The highest BCUT2D eigenvalue weighted by atomic mass is 16.5. The Kier molecular flexibility index (Phi) is 8.35. The highest BCUT2D eigenvalue weighted by Gasteiger charge is 2.45. The number of anilines is 6. The standard InChI is InChI=1S/C61H43BN2O/c1-61(2)52-36-45-34-49(63(46-22-11-5-12-23-46)47-24-13-6-14-25-47)31-29-43(45)35-50(52)51-38-59-55(39-53(51)61)62-54-32-30-44(41-19-9-4-10-20-41)37-57(54)64(56-27-16-28-58(65-59)60(56)62)48-26-15-21-42(33-48)40-17-7-3-8-18-40/h3-39H,1-2H3. The first-order valence-corrected chi connectivity index (χ1v) is 22.6. The summed E-state index contributed by atoms with van der Waals surface area (Å²) in [6.07, 6.45) is 0. The zero-order chi connectivity index (χ0) is 43.2. The van der Waals surface area contributed by atoms with Gasteiger partial charge in [-0.2, -0.15) is 0 Å². The molecule has 13 rings (SSSR count). The van der Waals surface area contributed by atoms with Crippen molar-refractivity contribution in [3.05, 3.63) is 236 Å².